The maximum atomic E-state index is 9.57. The molecule has 24 heavy (non-hydrogen) atoms. The largest absolute Gasteiger partial charge is 0.491 e. The molecule has 0 fully saturated rings. The van der Waals surface area contributed by atoms with Gasteiger partial charge in [-0.05, 0) is 48.4 Å². The van der Waals surface area contributed by atoms with Crippen molar-refractivity contribution in [2.75, 3.05) is 6.61 Å². The Morgan fingerprint density at radius 1 is 1.00 bits per heavy atom. The Labute approximate surface area is 141 Å². The number of aliphatic hydroxyl groups excluding tert-OH is 1. The van der Waals surface area contributed by atoms with Gasteiger partial charge in [0, 0.05) is 11.6 Å². The van der Waals surface area contributed by atoms with Crippen LogP contribution in [-0.4, -0.2) is 22.8 Å². The van der Waals surface area contributed by atoms with Crippen LogP contribution in [0.4, 0.5) is 0 Å². The number of rotatable bonds is 7. The molecule has 0 saturated carbocycles. The molecular formula is C20H21NO3. The lowest BCUT2D eigenvalue weighted by atomic mass is 10.2. The Bertz CT molecular complexity index is 804. The van der Waals surface area contributed by atoms with Gasteiger partial charge in [0.05, 0.1) is 11.6 Å². The lowest BCUT2D eigenvalue weighted by molar-refractivity contribution is 0.104. The van der Waals surface area contributed by atoms with E-state index in [4.69, 9.17) is 9.47 Å². The monoisotopic (exact) mass is 323 g/mol. The van der Waals surface area contributed by atoms with E-state index in [-0.39, 0.29) is 0 Å². The Morgan fingerprint density at radius 2 is 1.88 bits per heavy atom. The van der Waals surface area contributed by atoms with Gasteiger partial charge in [0.15, 0.2) is 0 Å². The normalized spacial score (nSPS) is 12.1. The first-order chi connectivity index (χ1) is 11.7. The van der Waals surface area contributed by atoms with Crippen molar-refractivity contribution in [2.45, 2.75) is 26.1 Å². The highest BCUT2D eigenvalue weighted by molar-refractivity contribution is 5.79. The van der Waals surface area contributed by atoms with Crippen LogP contribution >= 0.6 is 0 Å². The summed E-state index contributed by atoms with van der Waals surface area (Å²) in [5.41, 5.74) is 1.97. The van der Waals surface area contributed by atoms with Crippen LogP contribution in [0, 0.1) is 0 Å². The summed E-state index contributed by atoms with van der Waals surface area (Å²) in [4.78, 5) is 4.30. The van der Waals surface area contributed by atoms with Crippen LogP contribution < -0.4 is 9.47 Å². The molecule has 3 rings (SSSR count). The third-order valence-corrected chi connectivity index (χ3v) is 3.79. The standard InChI is InChI=1S/C20H21NO3/c1-2-17(22)14-24-18-7-3-5-15(11-18)13-23-19-8-9-20-16(12-19)6-4-10-21-20/h3-12,17,22H,2,13-14H2,1H3. The molecule has 124 valence electrons. The zero-order valence-electron chi connectivity index (χ0n) is 13.7. The molecule has 1 N–H and O–H groups in total. The van der Waals surface area contributed by atoms with E-state index >= 15 is 0 Å². The van der Waals surface area contributed by atoms with E-state index in [0.29, 0.717) is 19.6 Å². The predicted octanol–water partition coefficient (Wildman–Crippen LogP) is 3.96. The maximum Gasteiger partial charge on any atom is 0.120 e. The fourth-order valence-corrected chi connectivity index (χ4v) is 2.35. The van der Waals surface area contributed by atoms with Gasteiger partial charge in [0.1, 0.15) is 24.7 Å². The van der Waals surface area contributed by atoms with Crippen LogP contribution in [0.5, 0.6) is 11.5 Å². The molecule has 0 spiro atoms. The van der Waals surface area contributed by atoms with Crippen molar-refractivity contribution in [1.82, 2.24) is 4.98 Å². The number of benzene rings is 2. The van der Waals surface area contributed by atoms with Gasteiger partial charge in [-0.15, -0.1) is 0 Å². The van der Waals surface area contributed by atoms with Crippen LogP contribution in [0.3, 0.4) is 0 Å². The zero-order valence-corrected chi connectivity index (χ0v) is 13.7. The molecule has 1 unspecified atom stereocenters. The fourth-order valence-electron chi connectivity index (χ4n) is 2.35. The first-order valence-corrected chi connectivity index (χ1v) is 8.12. The highest BCUT2D eigenvalue weighted by atomic mass is 16.5. The summed E-state index contributed by atoms with van der Waals surface area (Å²) in [7, 11) is 0. The molecule has 0 bridgehead atoms. The van der Waals surface area contributed by atoms with E-state index in [1.165, 1.54) is 0 Å². The van der Waals surface area contributed by atoms with Crippen molar-refractivity contribution in [3.8, 4) is 11.5 Å². The fraction of sp³-hybridized carbons (Fsp3) is 0.250. The Kier molecular flexibility index (Phi) is 5.29. The second-order valence-corrected chi connectivity index (χ2v) is 5.67. The summed E-state index contributed by atoms with van der Waals surface area (Å²) in [5, 5.41) is 10.6. The zero-order chi connectivity index (χ0) is 16.8. The first-order valence-electron chi connectivity index (χ1n) is 8.12. The van der Waals surface area contributed by atoms with Crippen molar-refractivity contribution < 1.29 is 14.6 Å². The summed E-state index contributed by atoms with van der Waals surface area (Å²) < 4.78 is 11.5. The first kappa shape index (κ1) is 16.3. The average molecular weight is 323 g/mol. The van der Waals surface area contributed by atoms with Crippen LogP contribution in [-0.2, 0) is 6.61 Å². The molecule has 0 amide bonds. The Morgan fingerprint density at radius 3 is 2.75 bits per heavy atom. The number of aliphatic hydroxyl groups is 1. The van der Waals surface area contributed by atoms with Gasteiger partial charge in [-0.1, -0.05) is 25.1 Å². The molecule has 0 radical (unpaired) electrons. The van der Waals surface area contributed by atoms with Crippen molar-refractivity contribution in [2.24, 2.45) is 0 Å². The van der Waals surface area contributed by atoms with Crippen molar-refractivity contribution in [1.29, 1.82) is 0 Å². The number of aromatic nitrogens is 1. The van der Waals surface area contributed by atoms with E-state index in [2.05, 4.69) is 4.98 Å². The second-order valence-electron chi connectivity index (χ2n) is 5.67. The van der Waals surface area contributed by atoms with Gasteiger partial charge in [-0.2, -0.15) is 0 Å². The molecule has 0 aliphatic heterocycles. The van der Waals surface area contributed by atoms with Gasteiger partial charge in [0.2, 0.25) is 0 Å². The van der Waals surface area contributed by atoms with Crippen molar-refractivity contribution in [3.05, 3.63) is 66.4 Å². The minimum atomic E-state index is -0.434. The smallest absolute Gasteiger partial charge is 0.120 e. The van der Waals surface area contributed by atoms with Gasteiger partial charge >= 0.3 is 0 Å². The molecule has 0 aliphatic carbocycles. The molecule has 4 heteroatoms. The van der Waals surface area contributed by atoms with Gasteiger partial charge in [-0.25, -0.2) is 0 Å². The molecule has 0 saturated heterocycles. The number of pyridine rings is 1. The molecular weight excluding hydrogens is 302 g/mol. The number of nitrogens with zero attached hydrogens (tertiary/aromatic N) is 1. The minimum Gasteiger partial charge on any atom is -0.491 e. The van der Waals surface area contributed by atoms with Crippen LogP contribution in [0.1, 0.15) is 18.9 Å². The lowest BCUT2D eigenvalue weighted by Gasteiger charge is -2.12. The van der Waals surface area contributed by atoms with E-state index in [1.54, 1.807) is 6.20 Å². The Hall–Kier alpha value is -2.59. The molecule has 1 aromatic heterocycles. The summed E-state index contributed by atoms with van der Waals surface area (Å²) in [6, 6.07) is 17.5. The van der Waals surface area contributed by atoms with Crippen LogP contribution in [0.25, 0.3) is 10.9 Å². The highest BCUT2D eigenvalue weighted by Crippen LogP contribution is 2.21. The number of ether oxygens (including phenoxy) is 2. The van der Waals surface area contributed by atoms with Gasteiger partial charge < -0.3 is 14.6 Å². The Balaban J connectivity index is 1.63. The molecule has 1 atom stereocenters. The SMILES string of the molecule is CCC(O)COc1cccc(COc2ccc3ncccc3c2)c1. The van der Waals surface area contributed by atoms with Gasteiger partial charge in [0.25, 0.3) is 0 Å². The van der Waals surface area contributed by atoms with E-state index < -0.39 is 6.10 Å². The third kappa shape index (κ3) is 4.24. The quantitative estimate of drug-likeness (QED) is 0.715. The van der Waals surface area contributed by atoms with Crippen molar-refractivity contribution in [3.63, 3.8) is 0 Å². The highest BCUT2D eigenvalue weighted by Gasteiger charge is 2.04. The predicted molar refractivity (Wildman–Crippen MR) is 94.3 cm³/mol. The molecule has 1 heterocycles. The van der Waals surface area contributed by atoms with E-state index in [9.17, 15) is 5.11 Å². The summed E-state index contributed by atoms with van der Waals surface area (Å²) in [6.45, 7) is 2.69. The minimum absolute atomic E-state index is 0.304. The third-order valence-electron chi connectivity index (χ3n) is 3.79. The van der Waals surface area contributed by atoms with E-state index in [0.717, 1.165) is 28.0 Å². The number of hydrogen-bond donors (Lipinski definition) is 1. The average Bonchev–Trinajstić information content (AvgIpc) is 2.64. The molecule has 4 nitrogen and oxygen atoms in total. The maximum absolute atomic E-state index is 9.57. The van der Waals surface area contributed by atoms with Crippen molar-refractivity contribution >= 4 is 10.9 Å². The van der Waals surface area contributed by atoms with Crippen LogP contribution in [0.2, 0.25) is 0 Å². The summed E-state index contributed by atoms with van der Waals surface area (Å²) >= 11 is 0. The molecule has 2 aromatic carbocycles. The lowest BCUT2D eigenvalue weighted by Crippen LogP contribution is -2.16. The topological polar surface area (TPSA) is 51.6 Å². The van der Waals surface area contributed by atoms with E-state index in [1.807, 2.05) is 61.5 Å². The van der Waals surface area contributed by atoms with Crippen LogP contribution in [0.15, 0.2) is 60.8 Å². The summed E-state index contributed by atoms with van der Waals surface area (Å²) in [5.74, 6) is 1.55. The summed E-state index contributed by atoms with van der Waals surface area (Å²) in [6.07, 6.45) is 2.03. The number of fused-ring (bicyclic) bond motifs is 1. The van der Waals surface area contributed by atoms with Gasteiger partial charge in [-0.3, -0.25) is 4.98 Å². The number of hydrogen-bond acceptors (Lipinski definition) is 4. The molecule has 0 aliphatic rings. The molecule has 3 aromatic rings. The second kappa shape index (κ2) is 7.79.